The van der Waals surface area contributed by atoms with Gasteiger partial charge in [0.05, 0.1) is 12.9 Å². The van der Waals surface area contributed by atoms with Crippen LogP contribution in [0.4, 0.5) is 5.95 Å². The van der Waals surface area contributed by atoms with Crippen LogP contribution in [0.2, 0.25) is 5.15 Å². The number of anilines is 1. The van der Waals surface area contributed by atoms with E-state index in [1.165, 1.54) is 6.33 Å². The van der Waals surface area contributed by atoms with E-state index in [1.54, 1.807) is 7.05 Å². The van der Waals surface area contributed by atoms with E-state index in [2.05, 4.69) is 30.6 Å². The lowest BCUT2D eigenvalue weighted by Gasteiger charge is -2.03. The number of aromatic nitrogens is 4. The fraction of sp³-hybridized carbons (Fsp3) is 0.250. The number of H-pyrrole nitrogens is 1. The molecule has 2 heterocycles. The highest BCUT2D eigenvalue weighted by atomic mass is 35.5. The van der Waals surface area contributed by atoms with Crippen molar-refractivity contribution >= 4 is 34.6 Å². The summed E-state index contributed by atoms with van der Waals surface area (Å²) in [4.78, 5) is 25.8. The highest BCUT2D eigenvalue weighted by Crippen LogP contribution is 2.17. The molecule has 1 amide bonds. The Bertz CT molecular complexity index is 524. The van der Waals surface area contributed by atoms with E-state index in [-0.39, 0.29) is 23.6 Å². The fourth-order valence-corrected chi connectivity index (χ4v) is 1.34. The minimum absolute atomic E-state index is 0.0861. The van der Waals surface area contributed by atoms with Gasteiger partial charge in [-0.05, 0) is 0 Å². The molecule has 0 aromatic carbocycles. The molecule has 16 heavy (non-hydrogen) atoms. The zero-order valence-corrected chi connectivity index (χ0v) is 9.17. The molecule has 2 aromatic heterocycles. The van der Waals surface area contributed by atoms with Crippen LogP contribution in [0.3, 0.4) is 0 Å². The van der Waals surface area contributed by atoms with Crippen molar-refractivity contribution in [1.82, 2.24) is 25.3 Å². The summed E-state index contributed by atoms with van der Waals surface area (Å²) in [5, 5.41) is 5.48. The standard InChI is InChI=1S/C8H9ClN6O/c1-10-4(16)2-11-8-14-6(9)5-7(15-8)13-3-12-5/h3H,2H2,1H3,(H,10,16)(H2,11,12,13,14,15). The lowest BCUT2D eigenvalue weighted by atomic mass is 10.5. The fourth-order valence-electron chi connectivity index (χ4n) is 1.12. The van der Waals surface area contributed by atoms with Crippen LogP contribution < -0.4 is 10.6 Å². The van der Waals surface area contributed by atoms with Crippen molar-refractivity contribution in [2.24, 2.45) is 0 Å². The van der Waals surface area contributed by atoms with E-state index in [9.17, 15) is 4.79 Å². The van der Waals surface area contributed by atoms with Crippen molar-refractivity contribution in [3.05, 3.63) is 11.5 Å². The lowest BCUT2D eigenvalue weighted by molar-refractivity contribution is -0.118. The number of nitrogens with one attached hydrogen (secondary N) is 3. The number of halogens is 1. The summed E-state index contributed by atoms with van der Waals surface area (Å²) in [5.41, 5.74) is 1.03. The molecule has 0 radical (unpaired) electrons. The van der Waals surface area contributed by atoms with Crippen LogP contribution in [-0.2, 0) is 4.79 Å². The number of likely N-dealkylation sites (N-methyl/N-ethyl adjacent to an activating group) is 1. The summed E-state index contributed by atoms with van der Waals surface area (Å²) >= 11 is 5.89. The number of imidazole rings is 1. The Morgan fingerprint density at radius 1 is 1.56 bits per heavy atom. The Balaban J connectivity index is 2.21. The van der Waals surface area contributed by atoms with Gasteiger partial charge in [0.15, 0.2) is 10.8 Å². The van der Waals surface area contributed by atoms with E-state index in [1.807, 2.05) is 0 Å². The minimum Gasteiger partial charge on any atom is -0.358 e. The first-order valence-electron chi connectivity index (χ1n) is 4.52. The predicted molar refractivity (Wildman–Crippen MR) is 59.3 cm³/mol. The van der Waals surface area contributed by atoms with Crippen LogP contribution in [0.15, 0.2) is 6.33 Å². The van der Waals surface area contributed by atoms with E-state index in [0.29, 0.717) is 11.2 Å². The van der Waals surface area contributed by atoms with Gasteiger partial charge in [-0.25, -0.2) is 4.98 Å². The van der Waals surface area contributed by atoms with Crippen LogP contribution in [0.5, 0.6) is 0 Å². The normalized spacial score (nSPS) is 10.4. The molecule has 2 aromatic rings. The molecule has 3 N–H and O–H groups in total. The Morgan fingerprint density at radius 2 is 2.38 bits per heavy atom. The Morgan fingerprint density at radius 3 is 3.12 bits per heavy atom. The molecule has 8 heteroatoms. The number of carbonyl (C=O) groups excluding carboxylic acids is 1. The number of nitrogens with zero attached hydrogens (tertiary/aromatic N) is 3. The Hall–Kier alpha value is -1.89. The molecular weight excluding hydrogens is 232 g/mol. The number of fused-ring (bicyclic) bond motifs is 1. The molecule has 0 bridgehead atoms. The quantitative estimate of drug-likeness (QED) is 0.665. The first-order valence-corrected chi connectivity index (χ1v) is 4.89. The second kappa shape index (κ2) is 4.31. The molecule has 0 spiro atoms. The minimum atomic E-state index is -0.165. The number of hydrogen-bond acceptors (Lipinski definition) is 5. The van der Waals surface area contributed by atoms with E-state index >= 15 is 0 Å². The summed E-state index contributed by atoms with van der Waals surface area (Å²) < 4.78 is 0. The summed E-state index contributed by atoms with van der Waals surface area (Å²) in [5.74, 6) is 0.107. The van der Waals surface area contributed by atoms with Crippen LogP contribution in [0.25, 0.3) is 11.2 Å². The molecule has 0 aliphatic heterocycles. The van der Waals surface area contributed by atoms with Gasteiger partial charge in [0.1, 0.15) is 5.52 Å². The molecule has 0 aliphatic rings. The third kappa shape index (κ3) is 2.03. The average Bonchev–Trinajstić information content (AvgIpc) is 2.74. The van der Waals surface area contributed by atoms with E-state index in [0.717, 1.165) is 0 Å². The van der Waals surface area contributed by atoms with Gasteiger partial charge >= 0.3 is 0 Å². The summed E-state index contributed by atoms with van der Waals surface area (Å²) in [6, 6.07) is 0. The molecule has 0 atom stereocenters. The second-order valence-electron chi connectivity index (χ2n) is 2.97. The molecule has 84 valence electrons. The van der Waals surface area contributed by atoms with Crippen LogP contribution in [0.1, 0.15) is 0 Å². The number of carbonyl (C=O) groups is 1. The van der Waals surface area contributed by atoms with Crippen LogP contribution >= 0.6 is 11.6 Å². The van der Waals surface area contributed by atoms with E-state index in [4.69, 9.17) is 11.6 Å². The lowest BCUT2D eigenvalue weighted by Crippen LogP contribution is -2.26. The molecule has 0 saturated carbocycles. The zero-order chi connectivity index (χ0) is 11.5. The van der Waals surface area contributed by atoms with E-state index < -0.39 is 0 Å². The van der Waals surface area contributed by atoms with Gasteiger partial charge in [-0.3, -0.25) is 4.79 Å². The van der Waals surface area contributed by atoms with Crippen molar-refractivity contribution in [1.29, 1.82) is 0 Å². The molecule has 0 saturated heterocycles. The Kier molecular flexibility index (Phi) is 2.86. The van der Waals surface area contributed by atoms with Crippen molar-refractivity contribution in [3.63, 3.8) is 0 Å². The smallest absolute Gasteiger partial charge is 0.239 e. The van der Waals surface area contributed by atoms with Crippen LogP contribution in [0, 0.1) is 0 Å². The van der Waals surface area contributed by atoms with Gasteiger partial charge in [-0.1, -0.05) is 11.6 Å². The van der Waals surface area contributed by atoms with Gasteiger partial charge in [-0.2, -0.15) is 9.97 Å². The van der Waals surface area contributed by atoms with Crippen LogP contribution in [-0.4, -0.2) is 39.4 Å². The summed E-state index contributed by atoms with van der Waals surface area (Å²) in [7, 11) is 1.55. The largest absolute Gasteiger partial charge is 0.358 e. The first-order chi connectivity index (χ1) is 7.70. The maximum Gasteiger partial charge on any atom is 0.239 e. The monoisotopic (exact) mass is 240 g/mol. The number of amides is 1. The van der Waals surface area contributed by atoms with Gasteiger partial charge in [0, 0.05) is 7.05 Å². The molecule has 2 rings (SSSR count). The van der Waals surface area contributed by atoms with Crippen molar-refractivity contribution in [2.75, 3.05) is 18.9 Å². The summed E-state index contributed by atoms with van der Waals surface area (Å²) in [6.45, 7) is 0.0861. The maximum atomic E-state index is 11.0. The van der Waals surface area contributed by atoms with Gasteiger partial charge in [-0.15, -0.1) is 0 Å². The number of aromatic amines is 1. The predicted octanol–water partition coefficient (Wildman–Crippen LogP) is 0.164. The average molecular weight is 241 g/mol. The summed E-state index contributed by atoms with van der Waals surface area (Å²) in [6.07, 6.45) is 1.48. The van der Waals surface area contributed by atoms with Gasteiger partial charge < -0.3 is 15.6 Å². The molecule has 0 fully saturated rings. The third-order valence-corrected chi connectivity index (χ3v) is 2.20. The van der Waals surface area contributed by atoms with Gasteiger partial charge in [0.25, 0.3) is 0 Å². The topological polar surface area (TPSA) is 95.6 Å². The maximum absolute atomic E-state index is 11.0. The SMILES string of the molecule is CNC(=O)CNc1nc(Cl)c2[nH]cnc2n1. The molecular formula is C8H9ClN6O. The van der Waals surface area contributed by atoms with Crippen molar-refractivity contribution in [3.8, 4) is 0 Å². The van der Waals surface area contributed by atoms with Crippen molar-refractivity contribution in [2.45, 2.75) is 0 Å². The number of hydrogen-bond donors (Lipinski definition) is 3. The number of rotatable bonds is 3. The molecule has 0 aliphatic carbocycles. The second-order valence-corrected chi connectivity index (χ2v) is 3.32. The third-order valence-electron chi connectivity index (χ3n) is 1.93. The van der Waals surface area contributed by atoms with Gasteiger partial charge in [0.2, 0.25) is 11.9 Å². The Labute approximate surface area is 95.6 Å². The molecule has 0 unspecified atom stereocenters. The van der Waals surface area contributed by atoms with Crippen molar-refractivity contribution < 1.29 is 4.79 Å². The first kappa shape index (κ1) is 10.6. The highest BCUT2D eigenvalue weighted by molar-refractivity contribution is 6.33. The highest BCUT2D eigenvalue weighted by Gasteiger charge is 2.08. The zero-order valence-electron chi connectivity index (χ0n) is 8.41. The molecule has 7 nitrogen and oxygen atoms in total.